The van der Waals surface area contributed by atoms with Gasteiger partial charge in [0.1, 0.15) is 6.16 Å². The summed E-state index contributed by atoms with van der Waals surface area (Å²) in [6, 6.07) is 0. The van der Waals surface area contributed by atoms with Gasteiger partial charge in [-0.15, -0.1) is 0 Å². The lowest BCUT2D eigenvalue weighted by atomic mass is 10.2. The molecule has 7 nitrogen and oxygen atoms in total. The van der Waals surface area contributed by atoms with E-state index in [1.807, 2.05) is 0 Å². The molecule has 0 rings (SSSR count). The zero-order valence-electron chi connectivity index (χ0n) is 11.5. The van der Waals surface area contributed by atoms with Crippen LogP contribution in [0.15, 0.2) is 11.6 Å². The molecular formula is C11H19O7P. The first kappa shape index (κ1) is 17.8. The summed E-state index contributed by atoms with van der Waals surface area (Å²) in [4.78, 5) is 22.3. The number of carbonyl (C=O) groups excluding carboxylic acids is 2. The van der Waals surface area contributed by atoms with Crippen LogP contribution in [0.2, 0.25) is 0 Å². The number of hydrogen-bond donors (Lipinski definition) is 0. The summed E-state index contributed by atoms with van der Waals surface area (Å²) < 4.78 is 30.2. The number of rotatable bonds is 8. The van der Waals surface area contributed by atoms with Crippen LogP contribution in [-0.2, 0) is 32.7 Å². The van der Waals surface area contributed by atoms with Gasteiger partial charge in [0.05, 0.1) is 13.7 Å². The number of methoxy groups -OCH3 is 1. The Morgan fingerprint density at radius 1 is 1.16 bits per heavy atom. The van der Waals surface area contributed by atoms with Crippen LogP contribution in [0.1, 0.15) is 13.3 Å². The molecule has 0 atom stereocenters. The van der Waals surface area contributed by atoms with Crippen LogP contribution in [0.4, 0.5) is 0 Å². The SMILES string of the molecule is COC(=O)/C=C(\C)CCOC(=O)CP(=O)(OC)OC. The van der Waals surface area contributed by atoms with Gasteiger partial charge in [0, 0.05) is 26.7 Å². The molecule has 0 aromatic heterocycles. The molecular weight excluding hydrogens is 275 g/mol. The minimum atomic E-state index is -3.39. The van der Waals surface area contributed by atoms with Gasteiger partial charge >= 0.3 is 19.5 Å². The Balaban J connectivity index is 4.09. The number of hydrogen-bond acceptors (Lipinski definition) is 7. The summed E-state index contributed by atoms with van der Waals surface area (Å²) >= 11 is 0. The van der Waals surface area contributed by atoms with Crippen LogP contribution < -0.4 is 0 Å². The summed E-state index contributed by atoms with van der Waals surface area (Å²) in [6.07, 6.45) is 1.24. The molecule has 0 radical (unpaired) electrons. The monoisotopic (exact) mass is 294 g/mol. The van der Waals surface area contributed by atoms with E-state index >= 15 is 0 Å². The van der Waals surface area contributed by atoms with Crippen molar-refractivity contribution < 1.29 is 32.7 Å². The molecule has 0 aromatic carbocycles. The maximum absolute atomic E-state index is 11.6. The molecule has 0 unspecified atom stereocenters. The molecule has 0 fully saturated rings. The predicted molar refractivity (Wildman–Crippen MR) is 67.8 cm³/mol. The average molecular weight is 294 g/mol. The Morgan fingerprint density at radius 3 is 2.21 bits per heavy atom. The smallest absolute Gasteiger partial charge is 0.341 e. The van der Waals surface area contributed by atoms with Crippen LogP contribution in [-0.4, -0.2) is 46.0 Å². The Labute approximate surface area is 112 Å². The minimum Gasteiger partial charge on any atom is -0.466 e. The van der Waals surface area contributed by atoms with Gasteiger partial charge in [0.25, 0.3) is 0 Å². The maximum atomic E-state index is 11.6. The molecule has 0 spiro atoms. The van der Waals surface area contributed by atoms with E-state index in [4.69, 9.17) is 4.74 Å². The minimum absolute atomic E-state index is 0.0750. The maximum Gasteiger partial charge on any atom is 0.341 e. The fourth-order valence-electron chi connectivity index (χ4n) is 1.07. The number of ether oxygens (including phenoxy) is 2. The summed E-state index contributed by atoms with van der Waals surface area (Å²) in [5, 5.41) is 0. The molecule has 0 heterocycles. The van der Waals surface area contributed by atoms with E-state index in [9.17, 15) is 14.2 Å². The van der Waals surface area contributed by atoms with E-state index in [0.29, 0.717) is 12.0 Å². The Kier molecular flexibility index (Phi) is 8.30. The van der Waals surface area contributed by atoms with Crippen LogP contribution in [0.5, 0.6) is 0 Å². The second kappa shape index (κ2) is 8.85. The Morgan fingerprint density at radius 2 is 1.74 bits per heavy atom. The standard InChI is InChI=1S/C11H19O7P/c1-9(7-10(12)15-2)5-6-18-11(13)8-19(14,16-3)17-4/h7H,5-6,8H2,1-4H3/b9-7+. The quantitative estimate of drug-likeness (QED) is 0.381. The predicted octanol–water partition coefficient (Wildman–Crippen LogP) is 1.52. The van der Waals surface area contributed by atoms with Crippen molar-refractivity contribution in [3.05, 3.63) is 11.6 Å². The third-order valence-corrected chi connectivity index (χ3v) is 3.96. The molecule has 0 aromatic rings. The third-order valence-electron chi connectivity index (χ3n) is 2.20. The van der Waals surface area contributed by atoms with E-state index in [1.165, 1.54) is 27.4 Å². The first-order valence-electron chi connectivity index (χ1n) is 5.48. The van der Waals surface area contributed by atoms with Crippen molar-refractivity contribution in [2.24, 2.45) is 0 Å². The number of esters is 2. The summed E-state index contributed by atoms with van der Waals surface area (Å²) in [5.41, 5.74) is 0.710. The zero-order valence-corrected chi connectivity index (χ0v) is 12.4. The summed E-state index contributed by atoms with van der Waals surface area (Å²) in [6.45, 7) is 1.78. The molecule has 19 heavy (non-hydrogen) atoms. The highest BCUT2D eigenvalue weighted by Gasteiger charge is 2.26. The van der Waals surface area contributed by atoms with Crippen LogP contribution >= 0.6 is 7.60 Å². The molecule has 0 aliphatic heterocycles. The summed E-state index contributed by atoms with van der Waals surface area (Å²) in [7, 11) is 0.276. The van der Waals surface area contributed by atoms with Crippen molar-refractivity contribution in [2.75, 3.05) is 34.1 Å². The van der Waals surface area contributed by atoms with Crippen molar-refractivity contribution in [1.82, 2.24) is 0 Å². The third kappa shape index (κ3) is 7.77. The second-order valence-electron chi connectivity index (χ2n) is 3.62. The van der Waals surface area contributed by atoms with Crippen molar-refractivity contribution in [3.8, 4) is 0 Å². The molecule has 0 bridgehead atoms. The average Bonchev–Trinajstić information content (AvgIpc) is 2.38. The highest BCUT2D eigenvalue weighted by Crippen LogP contribution is 2.45. The molecule has 0 aliphatic rings. The van der Waals surface area contributed by atoms with Crippen LogP contribution in [0.25, 0.3) is 0 Å². The van der Waals surface area contributed by atoms with Gasteiger partial charge in [-0.3, -0.25) is 9.36 Å². The first-order valence-corrected chi connectivity index (χ1v) is 7.21. The van der Waals surface area contributed by atoms with E-state index < -0.39 is 25.7 Å². The van der Waals surface area contributed by atoms with Gasteiger partial charge in [-0.25, -0.2) is 4.79 Å². The number of carbonyl (C=O) groups is 2. The van der Waals surface area contributed by atoms with Crippen molar-refractivity contribution >= 4 is 19.5 Å². The van der Waals surface area contributed by atoms with E-state index in [1.54, 1.807) is 6.92 Å². The topological polar surface area (TPSA) is 88.1 Å². The van der Waals surface area contributed by atoms with Gasteiger partial charge < -0.3 is 18.5 Å². The van der Waals surface area contributed by atoms with Gasteiger partial charge in [0.2, 0.25) is 0 Å². The normalized spacial score (nSPS) is 12.1. The molecule has 0 N–H and O–H groups in total. The van der Waals surface area contributed by atoms with Crippen LogP contribution in [0.3, 0.4) is 0 Å². The lowest BCUT2D eigenvalue weighted by molar-refractivity contribution is -0.140. The largest absolute Gasteiger partial charge is 0.466 e. The van der Waals surface area contributed by atoms with E-state index in [2.05, 4.69) is 13.8 Å². The van der Waals surface area contributed by atoms with E-state index in [-0.39, 0.29) is 6.61 Å². The molecule has 0 aliphatic carbocycles. The van der Waals surface area contributed by atoms with Crippen molar-refractivity contribution in [2.45, 2.75) is 13.3 Å². The van der Waals surface area contributed by atoms with Gasteiger partial charge in [-0.05, 0) is 6.92 Å². The fraction of sp³-hybridized carbons (Fsp3) is 0.636. The van der Waals surface area contributed by atoms with Gasteiger partial charge in [-0.2, -0.15) is 0 Å². The Bertz CT molecular complexity index is 381. The molecule has 0 saturated heterocycles. The lowest BCUT2D eigenvalue weighted by Gasteiger charge is -2.12. The summed E-state index contributed by atoms with van der Waals surface area (Å²) in [5.74, 6) is -1.15. The van der Waals surface area contributed by atoms with Crippen molar-refractivity contribution in [1.29, 1.82) is 0 Å². The molecule has 110 valence electrons. The highest BCUT2D eigenvalue weighted by atomic mass is 31.2. The van der Waals surface area contributed by atoms with Gasteiger partial charge in [-0.1, -0.05) is 5.57 Å². The fourth-order valence-corrected chi connectivity index (χ4v) is 1.88. The second-order valence-corrected chi connectivity index (χ2v) is 5.89. The van der Waals surface area contributed by atoms with Gasteiger partial charge in [0.15, 0.2) is 0 Å². The van der Waals surface area contributed by atoms with E-state index in [0.717, 1.165) is 0 Å². The van der Waals surface area contributed by atoms with Crippen molar-refractivity contribution in [3.63, 3.8) is 0 Å². The van der Waals surface area contributed by atoms with Crippen LogP contribution in [0, 0.1) is 0 Å². The molecule has 0 amide bonds. The molecule has 0 saturated carbocycles. The lowest BCUT2D eigenvalue weighted by Crippen LogP contribution is -2.13. The Hall–Kier alpha value is -1.17. The zero-order chi connectivity index (χ0) is 14.9. The first-order chi connectivity index (χ1) is 8.86. The highest BCUT2D eigenvalue weighted by molar-refractivity contribution is 7.54. The molecule has 8 heteroatoms.